The zero-order valence-electron chi connectivity index (χ0n) is 9.75. The number of nitrogens with zero attached hydrogens (tertiary/aromatic N) is 2. The van der Waals surface area contributed by atoms with E-state index in [0.717, 1.165) is 0 Å². The lowest BCUT2D eigenvalue weighted by Gasteiger charge is -2.07. The summed E-state index contributed by atoms with van der Waals surface area (Å²) in [6, 6.07) is 0. The Kier molecular flexibility index (Phi) is 3.76. The fourth-order valence-corrected chi connectivity index (χ4v) is 2.11. The van der Waals surface area contributed by atoms with Gasteiger partial charge in [0.25, 0.3) is 5.91 Å². The van der Waals surface area contributed by atoms with Gasteiger partial charge < -0.3 is 11.5 Å². The lowest BCUT2D eigenvalue weighted by atomic mass is 10.4. The number of anilines is 1. The Morgan fingerprint density at radius 1 is 1.53 bits per heavy atom. The molecule has 1 aromatic rings. The van der Waals surface area contributed by atoms with E-state index in [2.05, 4.69) is 5.10 Å². The molecule has 7 nitrogen and oxygen atoms in total. The van der Waals surface area contributed by atoms with E-state index in [9.17, 15) is 13.2 Å². The van der Waals surface area contributed by atoms with Crippen molar-refractivity contribution >= 4 is 21.4 Å². The second-order valence-electron chi connectivity index (χ2n) is 3.98. The van der Waals surface area contributed by atoms with E-state index < -0.39 is 21.0 Å². The van der Waals surface area contributed by atoms with E-state index in [1.807, 2.05) is 0 Å². The summed E-state index contributed by atoms with van der Waals surface area (Å²) in [6.07, 6.45) is 1.40. The molecule has 0 aliphatic carbocycles. The van der Waals surface area contributed by atoms with Gasteiger partial charge in [0, 0.05) is 6.20 Å². The van der Waals surface area contributed by atoms with Crippen LogP contribution in [0.2, 0.25) is 0 Å². The van der Waals surface area contributed by atoms with E-state index in [1.54, 1.807) is 13.8 Å². The largest absolute Gasteiger partial charge is 0.396 e. The van der Waals surface area contributed by atoms with Crippen LogP contribution in [0.4, 0.5) is 5.69 Å². The second kappa shape index (κ2) is 4.74. The standard InChI is InChI=1S/C9H16N4O3S/c1-6(2)17(15,16)4-3-13-5-7(10)8(12-13)9(11)14/h5-6H,3-4,10H2,1-2H3,(H2,11,14). The molecule has 0 bridgehead atoms. The zero-order chi connectivity index (χ0) is 13.2. The van der Waals surface area contributed by atoms with Crippen molar-refractivity contribution in [3.63, 3.8) is 0 Å². The number of aryl methyl sites for hydroxylation is 1. The molecule has 0 radical (unpaired) electrons. The minimum atomic E-state index is -3.14. The van der Waals surface area contributed by atoms with Gasteiger partial charge in [0.2, 0.25) is 0 Å². The van der Waals surface area contributed by atoms with E-state index >= 15 is 0 Å². The van der Waals surface area contributed by atoms with Crippen LogP contribution in [-0.4, -0.2) is 35.1 Å². The first kappa shape index (κ1) is 13.5. The van der Waals surface area contributed by atoms with Crippen molar-refractivity contribution in [3.05, 3.63) is 11.9 Å². The number of nitrogens with two attached hydrogens (primary N) is 2. The first-order chi connectivity index (χ1) is 7.74. The van der Waals surface area contributed by atoms with Gasteiger partial charge in [-0.1, -0.05) is 0 Å². The van der Waals surface area contributed by atoms with Gasteiger partial charge in [-0.05, 0) is 13.8 Å². The van der Waals surface area contributed by atoms with Crippen LogP contribution in [0.25, 0.3) is 0 Å². The van der Waals surface area contributed by atoms with Crippen LogP contribution < -0.4 is 11.5 Å². The molecule has 1 aromatic heterocycles. The fraction of sp³-hybridized carbons (Fsp3) is 0.556. The number of hydrogen-bond acceptors (Lipinski definition) is 5. The maximum Gasteiger partial charge on any atom is 0.271 e. The van der Waals surface area contributed by atoms with Gasteiger partial charge in [-0.15, -0.1) is 0 Å². The van der Waals surface area contributed by atoms with Gasteiger partial charge >= 0.3 is 0 Å². The fourth-order valence-electron chi connectivity index (χ4n) is 1.20. The highest BCUT2D eigenvalue weighted by atomic mass is 32.2. The number of sulfone groups is 1. The van der Waals surface area contributed by atoms with Crippen molar-refractivity contribution in [2.24, 2.45) is 5.73 Å². The Labute approximate surface area is 99.7 Å². The number of primary amides is 1. The van der Waals surface area contributed by atoms with Gasteiger partial charge in [-0.25, -0.2) is 8.42 Å². The molecule has 1 rings (SSSR count). The number of hydrogen-bond donors (Lipinski definition) is 2. The molecule has 0 atom stereocenters. The molecule has 1 amide bonds. The molecular formula is C9H16N4O3S. The van der Waals surface area contributed by atoms with Crippen LogP contribution in [0.3, 0.4) is 0 Å². The molecule has 0 saturated carbocycles. The summed E-state index contributed by atoms with van der Waals surface area (Å²) >= 11 is 0. The Hall–Kier alpha value is -1.57. The summed E-state index contributed by atoms with van der Waals surface area (Å²) < 4.78 is 24.4. The highest BCUT2D eigenvalue weighted by Gasteiger charge is 2.17. The molecule has 0 fully saturated rings. The average Bonchev–Trinajstić information content (AvgIpc) is 2.57. The summed E-state index contributed by atoms with van der Waals surface area (Å²) in [4.78, 5) is 10.9. The smallest absolute Gasteiger partial charge is 0.271 e. The molecule has 0 aliphatic heterocycles. The maximum atomic E-state index is 11.6. The molecule has 0 saturated heterocycles. The van der Waals surface area contributed by atoms with Gasteiger partial charge in [0.15, 0.2) is 15.5 Å². The number of carbonyl (C=O) groups is 1. The molecule has 0 spiro atoms. The number of nitrogen functional groups attached to an aromatic ring is 1. The molecule has 1 heterocycles. The lowest BCUT2D eigenvalue weighted by molar-refractivity contribution is 0.0995. The third-order valence-corrected chi connectivity index (χ3v) is 4.53. The normalized spacial score (nSPS) is 11.9. The molecule has 96 valence electrons. The maximum absolute atomic E-state index is 11.6. The SMILES string of the molecule is CC(C)S(=O)(=O)CCn1cc(N)c(C(N)=O)n1. The monoisotopic (exact) mass is 260 g/mol. The summed E-state index contributed by atoms with van der Waals surface area (Å²) in [5.41, 5.74) is 10.7. The van der Waals surface area contributed by atoms with Crippen LogP contribution in [0.1, 0.15) is 24.3 Å². The third-order valence-electron chi connectivity index (χ3n) is 2.35. The number of carbonyl (C=O) groups excluding carboxylic acids is 1. The van der Waals surface area contributed by atoms with Crippen molar-refractivity contribution in [1.29, 1.82) is 0 Å². The Morgan fingerprint density at radius 3 is 2.53 bits per heavy atom. The van der Waals surface area contributed by atoms with E-state index in [4.69, 9.17) is 11.5 Å². The molecule has 0 aromatic carbocycles. The van der Waals surface area contributed by atoms with Gasteiger partial charge in [0.05, 0.1) is 23.2 Å². The Morgan fingerprint density at radius 2 is 2.12 bits per heavy atom. The van der Waals surface area contributed by atoms with Crippen LogP contribution in [0, 0.1) is 0 Å². The predicted octanol–water partition coefficient (Wildman–Crippen LogP) is -0.613. The minimum absolute atomic E-state index is 0.0352. The quantitative estimate of drug-likeness (QED) is 0.731. The van der Waals surface area contributed by atoms with Gasteiger partial charge in [-0.3, -0.25) is 9.48 Å². The molecule has 4 N–H and O–H groups in total. The molecule has 0 unspecified atom stereocenters. The van der Waals surface area contributed by atoms with Crippen LogP contribution in [-0.2, 0) is 16.4 Å². The molecule has 8 heteroatoms. The number of rotatable bonds is 5. The van der Waals surface area contributed by atoms with Crippen LogP contribution in [0.15, 0.2) is 6.20 Å². The summed E-state index contributed by atoms with van der Waals surface area (Å²) in [5.74, 6) is -0.780. The summed E-state index contributed by atoms with van der Waals surface area (Å²) in [6.45, 7) is 3.38. The predicted molar refractivity (Wildman–Crippen MR) is 64.1 cm³/mol. The van der Waals surface area contributed by atoms with Crippen molar-refractivity contribution in [1.82, 2.24) is 9.78 Å². The Bertz CT molecular complexity index is 518. The third kappa shape index (κ3) is 3.19. The van der Waals surface area contributed by atoms with Crippen LogP contribution in [0.5, 0.6) is 0 Å². The summed E-state index contributed by atoms with van der Waals surface area (Å²) in [5, 5.41) is 3.39. The Balaban J connectivity index is 2.78. The first-order valence-electron chi connectivity index (χ1n) is 5.08. The minimum Gasteiger partial charge on any atom is -0.396 e. The van der Waals surface area contributed by atoms with Crippen LogP contribution >= 0.6 is 0 Å². The van der Waals surface area contributed by atoms with Crippen molar-refractivity contribution in [2.75, 3.05) is 11.5 Å². The van der Waals surface area contributed by atoms with Crippen molar-refractivity contribution < 1.29 is 13.2 Å². The highest BCUT2D eigenvalue weighted by Crippen LogP contribution is 2.09. The average molecular weight is 260 g/mol. The highest BCUT2D eigenvalue weighted by molar-refractivity contribution is 7.91. The summed E-state index contributed by atoms with van der Waals surface area (Å²) in [7, 11) is -3.14. The number of amides is 1. The second-order valence-corrected chi connectivity index (χ2v) is 6.65. The van der Waals surface area contributed by atoms with E-state index in [1.165, 1.54) is 10.9 Å². The topological polar surface area (TPSA) is 121 Å². The van der Waals surface area contributed by atoms with Gasteiger partial charge in [-0.2, -0.15) is 5.10 Å². The van der Waals surface area contributed by atoms with Gasteiger partial charge in [0.1, 0.15) is 0 Å². The first-order valence-corrected chi connectivity index (χ1v) is 6.80. The zero-order valence-corrected chi connectivity index (χ0v) is 10.6. The number of aromatic nitrogens is 2. The van der Waals surface area contributed by atoms with E-state index in [0.29, 0.717) is 0 Å². The molecular weight excluding hydrogens is 244 g/mol. The molecule has 0 aliphatic rings. The van der Waals surface area contributed by atoms with Crippen molar-refractivity contribution in [3.8, 4) is 0 Å². The molecule has 17 heavy (non-hydrogen) atoms. The van der Waals surface area contributed by atoms with Crippen molar-refractivity contribution in [2.45, 2.75) is 25.6 Å². The lowest BCUT2D eigenvalue weighted by Crippen LogP contribution is -2.21. The van der Waals surface area contributed by atoms with E-state index in [-0.39, 0.29) is 23.7 Å².